The van der Waals surface area contributed by atoms with E-state index in [9.17, 15) is 9.59 Å². The first kappa shape index (κ1) is 17.7. The maximum absolute atomic E-state index is 12.4. The lowest BCUT2D eigenvalue weighted by Crippen LogP contribution is -2.16. The standard InChI is InChI=1S/C18H25NO3S/c1-4-7-12-9-10-13-14(11-12)23-17(19-15(20)8-5-2)16(13)18(21)22-6-3/h5,8,12H,4,6-7,9-11H2,1-3H3,(H,19,20)/b8-5+/t12-/m1/s1. The van der Waals surface area contributed by atoms with Crippen molar-refractivity contribution >= 4 is 28.2 Å². The van der Waals surface area contributed by atoms with Crippen LogP contribution in [0.5, 0.6) is 0 Å². The summed E-state index contributed by atoms with van der Waals surface area (Å²) in [7, 11) is 0. The van der Waals surface area contributed by atoms with E-state index in [1.54, 1.807) is 19.9 Å². The van der Waals surface area contributed by atoms with Gasteiger partial charge in [-0.25, -0.2) is 4.79 Å². The molecule has 5 heteroatoms. The van der Waals surface area contributed by atoms with Gasteiger partial charge in [0.05, 0.1) is 12.2 Å². The number of rotatable bonds is 6. The van der Waals surface area contributed by atoms with Gasteiger partial charge >= 0.3 is 5.97 Å². The Labute approximate surface area is 141 Å². The van der Waals surface area contributed by atoms with E-state index in [0.717, 1.165) is 24.8 Å². The van der Waals surface area contributed by atoms with Gasteiger partial charge in [0.15, 0.2) is 0 Å². The van der Waals surface area contributed by atoms with Gasteiger partial charge in [-0.3, -0.25) is 4.79 Å². The van der Waals surface area contributed by atoms with Crippen LogP contribution in [0.2, 0.25) is 0 Å². The largest absolute Gasteiger partial charge is 0.462 e. The zero-order chi connectivity index (χ0) is 16.8. The molecule has 0 fully saturated rings. The summed E-state index contributed by atoms with van der Waals surface area (Å²) in [6.45, 7) is 6.13. The van der Waals surface area contributed by atoms with E-state index in [0.29, 0.717) is 23.1 Å². The molecule has 0 radical (unpaired) electrons. The Bertz CT molecular complexity index is 604. The molecular weight excluding hydrogens is 310 g/mol. The molecule has 1 N–H and O–H groups in total. The van der Waals surface area contributed by atoms with Crippen LogP contribution >= 0.6 is 11.3 Å². The third-order valence-corrected chi connectivity index (χ3v) is 5.27. The number of nitrogens with one attached hydrogen (secondary N) is 1. The van der Waals surface area contributed by atoms with Crippen molar-refractivity contribution in [3.8, 4) is 0 Å². The van der Waals surface area contributed by atoms with Crippen molar-refractivity contribution in [3.05, 3.63) is 28.2 Å². The predicted molar refractivity (Wildman–Crippen MR) is 94.1 cm³/mol. The number of carbonyl (C=O) groups is 2. The summed E-state index contributed by atoms with van der Waals surface area (Å²) < 4.78 is 5.21. The molecule has 1 aromatic rings. The molecule has 1 aliphatic carbocycles. The molecule has 1 aromatic heterocycles. The highest BCUT2D eigenvalue weighted by molar-refractivity contribution is 7.17. The van der Waals surface area contributed by atoms with Crippen LogP contribution in [0.25, 0.3) is 0 Å². The lowest BCUT2D eigenvalue weighted by atomic mass is 9.84. The molecule has 1 amide bonds. The summed E-state index contributed by atoms with van der Waals surface area (Å²) in [5.74, 6) is 0.150. The van der Waals surface area contributed by atoms with E-state index in [1.807, 2.05) is 0 Å². The van der Waals surface area contributed by atoms with Gasteiger partial charge in [0.2, 0.25) is 5.91 Å². The van der Waals surface area contributed by atoms with Gasteiger partial charge in [0.1, 0.15) is 5.00 Å². The first-order valence-corrected chi connectivity index (χ1v) is 9.17. The molecule has 4 nitrogen and oxygen atoms in total. The summed E-state index contributed by atoms with van der Waals surface area (Å²) in [5, 5.41) is 3.48. The second kappa shape index (κ2) is 8.29. The van der Waals surface area contributed by atoms with Crippen LogP contribution in [-0.4, -0.2) is 18.5 Å². The topological polar surface area (TPSA) is 55.4 Å². The maximum Gasteiger partial charge on any atom is 0.341 e. The highest BCUT2D eigenvalue weighted by Gasteiger charge is 2.29. The van der Waals surface area contributed by atoms with E-state index in [1.165, 1.54) is 35.1 Å². The second-order valence-electron chi connectivity index (χ2n) is 5.82. The first-order chi connectivity index (χ1) is 11.1. The number of fused-ring (bicyclic) bond motifs is 1. The van der Waals surface area contributed by atoms with Crippen molar-refractivity contribution in [1.29, 1.82) is 0 Å². The number of allylic oxidation sites excluding steroid dienone is 1. The fourth-order valence-corrected chi connectivity index (χ4v) is 4.47. The molecule has 126 valence electrons. The van der Waals surface area contributed by atoms with Gasteiger partial charge in [-0.15, -0.1) is 11.3 Å². The number of hydrogen-bond acceptors (Lipinski definition) is 4. The average Bonchev–Trinajstić information content (AvgIpc) is 2.85. The lowest BCUT2D eigenvalue weighted by molar-refractivity contribution is -0.111. The molecule has 0 saturated carbocycles. The van der Waals surface area contributed by atoms with Gasteiger partial charge in [-0.1, -0.05) is 25.8 Å². The van der Waals surface area contributed by atoms with E-state index in [4.69, 9.17) is 4.74 Å². The Morgan fingerprint density at radius 2 is 2.17 bits per heavy atom. The molecule has 0 spiro atoms. The molecule has 0 saturated heterocycles. The van der Waals surface area contributed by atoms with Crippen molar-refractivity contribution in [2.24, 2.45) is 5.92 Å². The van der Waals surface area contributed by atoms with Crippen molar-refractivity contribution in [1.82, 2.24) is 0 Å². The monoisotopic (exact) mass is 335 g/mol. The molecule has 1 heterocycles. The van der Waals surface area contributed by atoms with Crippen molar-refractivity contribution in [2.75, 3.05) is 11.9 Å². The van der Waals surface area contributed by atoms with E-state index >= 15 is 0 Å². The summed E-state index contributed by atoms with van der Waals surface area (Å²) in [6.07, 6.45) is 8.54. The van der Waals surface area contributed by atoms with Crippen molar-refractivity contribution < 1.29 is 14.3 Å². The molecule has 0 bridgehead atoms. The van der Waals surface area contributed by atoms with Crippen LogP contribution in [0, 0.1) is 5.92 Å². The van der Waals surface area contributed by atoms with Crippen LogP contribution in [0.1, 0.15) is 60.8 Å². The first-order valence-electron chi connectivity index (χ1n) is 8.35. The van der Waals surface area contributed by atoms with Crippen molar-refractivity contribution in [2.45, 2.75) is 52.9 Å². The number of esters is 1. The van der Waals surface area contributed by atoms with Gasteiger partial charge in [0.25, 0.3) is 0 Å². The molecule has 23 heavy (non-hydrogen) atoms. The maximum atomic E-state index is 12.4. The number of amides is 1. The van der Waals surface area contributed by atoms with Crippen LogP contribution < -0.4 is 5.32 Å². The van der Waals surface area contributed by atoms with E-state index in [-0.39, 0.29) is 11.9 Å². The minimum atomic E-state index is -0.324. The zero-order valence-corrected chi connectivity index (χ0v) is 14.9. The number of carbonyl (C=O) groups excluding carboxylic acids is 2. The molecule has 2 rings (SSSR count). The van der Waals surface area contributed by atoms with Crippen LogP contribution in [-0.2, 0) is 22.4 Å². The Morgan fingerprint density at radius 3 is 2.83 bits per heavy atom. The molecular formula is C18H25NO3S. The minimum Gasteiger partial charge on any atom is -0.462 e. The van der Waals surface area contributed by atoms with Gasteiger partial charge < -0.3 is 10.1 Å². The fraction of sp³-hybridized carbons (Fsp3) is 0.556. The molecule has 0 aliphatic heterocycles. The Kier molecular flexibility index (Phi) is 6.39. The number of thiophene rings is 1. The predicted octanol–water partition coefficient (Wildman–Crippen LogP) is 4.34. The second-order valence-corrected chi connectivity index (χ2v) is 6.92. The van der Waals surface area contributed by atoms with Gasteiger partial charge in [-0.05, 0) is 50.7 Å². The molecule has 0 aromatic carbocycles. The van der Waals surface area contributed by atoms with Crippen LogP contribution in [0.3, 0.4) is 0 Å². The van der Waals surface area contributed by atoms with Crippen LogP contribution in [0.15, 0.2) is 12.2 Å². The smallest absolute Gasteiger partial charge is 0.341 e. The quantitative estimate of drug-likeness (QED) is 0.621. The molecule has 1 aliphatic rings. The summed E-state index contributed by atoms with van der Waals surface area (Å²) >= 11 is 1.53. The van der Waals surface area contributed by atoms with Gasteiger partial charge in [0, 0.05) is 4.88 Å². The number of ether oxygens (including phenoxy) is 1. The minimum absolute atomic E-state index is 0.207. The summed E-state index contributed by atoms with van der Waals surface area (Å²) in [4.78, 5) is 25.5. The third-order valence-electron chi connectivity index (χ3n) is 4.10. The molecule has 0 unspecified atom stereocenters. The third kappa shape index (κ3) is 4.22. The van der Waals surface area contributed by atoms with Crippen LogP contribution in [0.4, 0.5) is 5.00 Å². The lowest BCUT2D eigenvalue weighted by Gasteiger charge is -2.21. The highest BCUT2D eigenvalue weighted by atomic mass is 32.1. The number of hydrogen-bond donors (Lipinski definition) is 1. The SMILES string of the molecule is C/C=C/C(=O)Nc1sc2c(c1C(=O)OCC)CC[C@@H](CCC)C2. The van der Waals surface area contributed by atoms with E-state index < -0.39 is 0 Å². The Hall–Kier alpha value is -1.62. The Balaban J connectivity index is 2.33. The number of anilines is 1. The van der Waals surface area contributed by atoms with E-state index in [2.05, 4.69) is 12.2 Å². The summed E-state index contributed by atoms with van der Waals surface area (Å²) in [5.41, 5.74) is 1.65. The van der Waals surface area contributed by atoms with Gasteiger partial charge in [-0.2, -0.15) is 0 Å². The zero-order valence-electron chi connectivity index (χ0n) is 14.1. The Morgan fingerprint density at radius 1 is 1.39 bits per heavy atom. The highest BCUT2D eigenvalue weighted by Crippen LogP contribution is 2.41. The van der Waals surface area contributed by atoms with Crippen molar-refractivity contribution in [3.63, 3.8) is 0 Å². The average molecular weight is 335 g/mol. The normalized spacial score (nSPS) is 17.1. The summed E-state index contributed by atoms with van der Waals surface area (Å²) in [6, 6.07) is 0. The fourth-order valence-electron chi connectivity index (χ4n) is 3.12. The molecule has 1 atom stereocenters.